The smallest absolute Gasteiger partial charge is 0.410 e. The topological polar surface area (TPSA) is 88.2 Å². The number of hydrogen-bond donors (Lipinski definition) is 1. The van der Waals surface area contributed by atoms with Crippen molar-refractivity contribution >= 4 is 18.1 Å². The third-order valence-corrected chi connectivity index (χ3v) is 7.37. The standard InChI is InChI=1S/C31H40FN3O5/c1-31(2,3)40-30(38)35-17-15-26(27(20-35)33-29(37)39-21-23-8-5-4-6-9-23)28(36)34-16-7-10-24(19-34)18-22-11-13-25(32)14-12-22/h4-6,8-9,11-14,24,26-27H,7,10,15-21H2,1-3H3,(H,33,37)/t24-,26-,27-/m0/s1. The predicted octanol–water partition coefficient (Wildman–Crippen LogP) is 5.16. The molecule has 4 rings (SSSR count). The number of benzene rings is 2. The van der Waals surface area contributed by atoms with Crippen LogP contribution in [0.1, 0.15) is 51.2 Å². The maximum Gasteiger partial charge on any atom is 0.410 e. The molecular formula is C31H40FN3O5. The summed E-state index contributed by atoms with van der Waals surface area (Å²) in [6.07, 6.45) is 1.94. The first-order valence-corrected chi connectivity index (χ1v) is 14.1. The molecule has 0 spiro atoms. The highest BCUT2D eigenvalue weighted by molar-refractivity contribution is 5.81. The molecule has 0 radical (unpaired) electrons. The van der Waals surface area contributed by atoms with Crippen molar-refractivity contribution < 1.29 is 28.2 Å². The van der Waals surface area contributed by atoms with Gasteiger partial charge in [-0.3, -0.25) is 4.79 Å². The Bertz CT molecular complexity index is 1150. The first-order valence-electron chi connectivity index (χ1n) is 14.1. The largest absolute Gasteiger partial charge is 0.445 e. The molecule has 1 N–H and O–H groups in total. The van der Waals surface area contributed by atoms with E-state index >= 15 is 0 Å². The van der Waals surface area contributed by atoms with Crippen molar-refractivity contribution in [3.63, 3.8) is 0 Å². The molecule has 0 aromatic heterocycles. The number of piperidine rings is 2. The zero-order valence-electron chi connectivity index (χ0n) is 23.6. The number of hydrogen-bond acceptors (Lipinski definition) is 5. The highest BCUT2D eigenvalue weighted by Gasteiger charge is 2.40. The van der Waals surface area contributed by atoms with Crippen LogP contribution < -0.4 is 5.32 Å². The van der Waals surface area contributed by atoms with Crippen LogP contribution in [0.4, 0.5) is 14.0 Å². The fraction of sp³-hybridized carbons (Fsp3) is 0.516. The molecule has 3 amide bonds. The SMILES string of the molecule is CC(C)(C)OC(=O)N1CC[C@H](C(=O)N2CCC[C@@H](Cc3ccc(F)cc3)C2)[C@@H](NC(=O)OCc2ccccc2)C1. The monoisotopic (exact) mass is 553 g/mol. The van der Waals surface area contributed by atoms with Crippen LogP contribution >= 0.6 is 0 Å². The lowest BCUT2D eigenvalue weighted by atomic mass is 9.87. The fourth-order valence-electron chi connectivity index (χ4n) is 5.42. The number of carbonyl (C=O) groups is 3. The maximum atomic E-state index is 13.8. The van der Waals surface area contributed by atoms with Crippen molar-refractivity contribution in [2.75, 3.05) is 26.2 Å². The number of ether oxygens (including phenoxy) is 2. The molecule has 0 aliphatic carbocycles. The van der Waals surface area contributed by atoms with Crippen LogP contribution in [0.3, 0.4) is 0 Å². The minimum atomic E-state index is -0.658. The van der Waals surface area contributed by atoms with E-state index in [0.717, 1.165) is 30.4 Å². The summed E-state index contributed by atoms with van der Waals surface area (Å²) in [5.74, 6) is -0.511. The van der Waals surface area contributed by atoms with E-state index in [0.29, 0.717) is 26.1 Å². The zero-order chi connectivity index (χ0) is 28.7. The Kier molecular flexibility index (Phi) is 9.66. The summed E-state index contributed by atoms with van der Waals surface area (Å²) in [5, 5.41) is 2.87. The summed E-state index contributed by atoms with van der Waals surface area (Å²) in [6.45, 7) is 7.27. The molecule has 2 aliphatic rings. The molecule has 9 heteroatoms. The van der Waals surface area contributed by atoms with Crippen LogP contribution in [0.25, 0.3) is 0 Å². The second kappa shape index (κ2) is 13.2. The van der Waals surface area contributed by atoms with Crippen LogP contribution in [-0.4, -0.2) is 65.7 Å². The summed E-state index contributed by atoms with van der Waals surface area (Å²) in [7, 11) is 0. The molecule has 0 bridgehead atoms. The van der Waals surface area contributed by atoms with Crippen LogP contribution in [0.5, 0.6) is 0 Å². The van der Waals surface area contributed by atoms with Crippen molar-refractivity contribution in [1.82, 2.24) is 15.1 Å². The van der Waals surface area contributed by atoms with Crippen LogP contribution in [0.15, 0.2) is 54.6 Å². The van der Waals surface area contributed by atoms with Crippen molar-refractivity contribution in [3.05, 3.63) is 71.5 Å². The van der Waals surface area contributed by atoms with E-state index in [9.17, 15) is 18.8 Å². The van der Waals surface area contributed by atoms with E-state index in [1.165, 1.54) is 12.1 Å². The second-order valence-electron chi connectivity index (χ2n) is 11.8. The molecule has 2 fully saturated rings. The Morgan fingerprint density at radius 3 is 2.35 bits per heavy atom. The second-order valence-corrected chi connectivity index (χ2v) is 11.8. The normalized spacial score (nSPS) is 21.4. The van der Waals surface area contributed by atoms with Gasteiger partial charge in [-0.2, -0.15) is 0 Å². The van der Waals surface area contributed by atoms with Gasteiger partial charge in [-0.05, 0) is 75.6 Å². The van der Waals surface area contributed by atoms with Gasteiger partial charge in [-0.1, -0.05) is 42.5 Å². The lowest BCUT2D eigenvalue weighted by Gasteiger charge is -2.41. The summed E-state index contributed by atoms with van der Waals surface area (Å²) in [5.41, 5.74) is 1.24. The molecule has 216 valence electrons. The molecule has 2 aromatic rings. The number of amides is 3. The van der Waals surface area contributed by atoms with Crippen LogP contribution in [0, 0.1) is 17.7 Å². The highest BCUT2D eigenvalue weighted by Crippen LogP contribution is 2.27. The first-order chi connectivity index (χ1) is 19.1. The quantitative estimate of drug-likeness (QED) is 0.534. The predicted molar refractivity (Wildman–Crippen MR) is 149 cm³/mol. The Balaban J connectivity index is 1.42. The highest BCUT2D eigenvalue weighted by atomic mass is 19.1. The van der Waals surface area contributed by atoms with E-state index in [2.05, 4.69) is 5.32 Å². The Hall–Kier alpha value is -3.62. The summed E-state index contributed by atoms with van der Waals surface area (Å²) < 4.78 is 24.3. The van der Waals surface area contributed by atoms with Gasteiger partial charge in [0.2, 0.25) is 5.91 Å². The maximum absolute atomic E-state index is 13.8. The number of rotatable bonds is 6. The van der Waals surface area contributed by atoms with Gasteiger partial charge >= 0.3 is 12.2 Å². The molecule has 40 heavy (non-hydrogen) atoms. The molecule has 2 saturated heterocycles. The van der Waals surface area contributed by atoms with Gasteiger partial charge in [-0.15, -0.1) is 0 Å². The number of alkyl carbamates (subject to hydrolysis) is 1. The fourth-order valence-corrected chi connectivity index (χ4v) is 5.42. The van der Waals surface area contributed by atoms with Crippen molar-refractivity contribution in [3.8, 4) is 0 Å². The minimum absolute atomic E-state index is 0.0268. The van der Waals surface area contributed by atoms with Gasteiger partial charge in [0.15, 0.2) is 0 Å². The van der Waals surface area contributed by atoms with Crippen molar-refractivity contribution in [2.24, 2.45) is 11.8 Å². The van der Waals surface area contributed by atoms with E-state index in [4.69, 9.17) is 9.47 Å². The zero-order valence-corrected chi connectivity index (χ0v) is 23.6. The molecule has 3 atom stereocenters. The van der Waals surface area contributed by atoms with Gasteiger partial charge in [0.25, 0.3) is 0 Å². The molecular weight excluding hydrogens is 513 g/mol. The van der Waals surface area contributed by atoms with Gasteiger partial charge < -0.3 is 24.6 Å². The van der Waals surface area contributed by atoms with Gasteiger partial charge in [0, 0.05) is 26.2 Å². The van der Waals surface area contributed by atoms with Crippen molar-refractivity contribution in [1.29, 1.82) is 0 Å². The van der Waals surface area contributed by atoms with Gasteiger partial charge in [0.1, 0.15) is 18.0 Å². The number of nitrogens with one attached hydrogen (secondary N) is 1. The first kappa shape index (κ1) is 29.4. The Morgan fingerprint density at radius 1 is 0.925 bits per heavy atom. The molecule has 0 saturated carbocycles. The number of halogens is 1. The third kappa shape index (κ3) is 8.44. The van der Waals surface area contributed by atoms with Crippen molar-refractivity contribution in [2.45, 2.75) is 64.7 Å². The summed E-state index contributed by atoms with van der Waals surface area (Å²) in [6, 6.07) is 15.3. The number of likely N-dealkylation sites (tertiary alicyclic amines) is 2. The van der Waals surface area contributed by atoms with E-state index < -0.39 is 29.7 Å². The minimum Gasteiger partial charge on any atom is -0.445 e. The van der Waals surface area contributed by atoms with Gasteiger partial charge in [0.05, 0.1) is 12.0 Å². The molecule has 2 heterocycles. The summed E-state index contributed by atoms with van der Waals surface area (Å²) in [4.78, 5) is 42.9. The third-order valence-electron chi connectivity index (χ3n) is 7.37. The number of nitrogens with zero attached hydrogens (tertiary/aromatic N) is 2. The molecule has 8 nitrogen and oxygen atoms in total. The van der Waals surface area contributed by atoms with E-state index in [1.54, 1.807) is 37.8 Å². The average Bonchev–Trinajstić information content (AvgIpc) is 2.92. The molecule has 0 unspecified atom stereocenters. The lowest BCUT2D eigenvalue weighted by Crippen LogP contribution is -2.59. The average molecular weight is 554 g/mol. The Morgan fingerprint density at radius 2 is 1.65 bits per heavy atom. The number of carbonyl (C=O) groups excluding carboxylic acids is 3. The molecule has 2 aliphatic heterocycles. The van der Waals surface area contributed by atoms with Gasteiger partial charge in [-0.25, -0.2) is 14.0 Å². The van der Waals surface area contributed by atoms with E-state index in [-0.39, 0.29) is 30.8 Å². The Labute approximate surface area is 235 Å². The molecule has 2 aromatic carbocycles. The summed E-state index contributed by atoms with van der Waals surface area (Å²) >= 11 is 0. The van der Waals surface area contributed by atoms with Crippen LogP contribution in [0.2, 0.25) is 0 Å². The van der Waals surface area contributed by atoms with E-state index in [1.807, 2.05) is 35.2 Å². The van der Waals surface area contributed by atoms with Crippen LogP contribution in [-0.2, 0) is 27.3 Å². The lowest BCUT2D eigenvalue weighted by molar-refractivity contribution is -0.140.